The van der Waals surface area contributed by atoms with Crippen LogP contribution in [-0.4, -0.2) is 43.1 Å². The van der Waals surface area contributed by atoms with Crippen LogP contribution in [0.15, 0.2) is 48.5 Å². The first-order valence-corrected chi connectivity index (χ1v) is 48.2. The number of halogens is 12. The number of unbranched alkanes of at least 4 members (excludes halogenated alkanes) is 48. The summed E-state index contributed by atoms with van der Waals surface area (Å²) in [6, 6.07) is 1.41. The van der Waals surface area contributed by atoms with Crippen molar-refractivity contribution in [1.82, 2.24) is 4.17 Å². The third kappa shape index (κ3) is 37.8. The van der Waals surface area contributed by atoms with Crippen LogP contribution < -0.4 is 26.0 Å². The zero-order valence-corrected chi connectivity index (χ0v) is 69.3. The molecule has 16 heteroatoms. The van der Waals surface area contributed by atoms with Gasteiger partial charge in [-0.15, -0.1) is 0 Å². The van der Waals surface area contributed by atoms with Gasteiger partial charge >= 0.3 is 0 Å². The summed E-state index contributed by atoms with van der Waals surface area (Å²) in [5.74, 6) is -24.0. The minimum Gasteiger partial charge on any atom is -0.204 e. The van der Waals surface area contributed by atoms with Gasteiger partial charge in [0, 0.05) is 37.0 Å². The Morgan fingerprint density at radius 2 is 0.302 bits per heavy atom. The Kier molecular flexibility index (Phi) is 54.3. The Bertz CT molecular complexity index is 2530. The van der Waals surface area contributed by atoms with E-state index in [1.165, 1.54) is 384 Å². The van der Waals surface area contributed by atoms with Gasteiger partial charge in [0.2, 0.25) is 14.1 Å². The summed E-state index contributed by atoms with van der Waals surface area (Å²) in [5, 5.41) is 0. The standard InChI is InChI=1S/C66H138NP2.C24H8BF12/c1-7-13-19-25-31-37-43-49-55-61-68(62-56-50-44-38-32-26-20-14-8-2,63-57-51-45-39-33-27-21-15-9-3)67-69(64-58-52-46-40-34-28-22-16-10-4,65-59-53-47-41-35-29-23-17-11-5)66-60-54-48-42-36-30-24-18-12-6;26-13-1-9(2-14(27)21(13)34)25(10-3-15(28)22(35)16(29)4-10,11-5-17(30)23(36)18(31)6-11)12-7-19(32)24(37)20(33)8-12/h7-66H2,1-6H3;1-8H/q+1;-1. The van der Waals surface area contributed by atoms with Crippen molar-refractivity contribution < 1.29 is 52.7 Å². The molecule has 0 aliphatic carbocycles. The molecule has 106 heavy (non-hydrogen) atoms. The fraction of sp³-hybridized carbons (Fsp3) is 0.733. The van der Waals surface area contributed by atoms with E-state index in [0.717, 1.165) is 0 Å². The fourth-order valence-corrected chi connectivity index (χ4v) is 27.7. The Morgan fingerprint density at radius 1 is 0.189 bits per heavy atom. The molecule has 0 radical (unpaired) electrons. The molecule has 0 bridgehead atoms. The van der Waals surface area contributed by atoms with Crippen LogP contribution in [0.1, 0.15) is 388 Å². The van der Waals surface area contributed by atoms with E-state index in [0.29, 0.717) is 0 Å². The summed E-state index contributed by atoms with van der Waals surface area (Å²) in [4.78, 5) is 0. The van der Waals surface area contributed by atoms with Crippen molar-refractivity contribution in [2.45, 2.75) is 388 Å². The van der Waals surface area contributed by atoms with Crippen LogP contribution in [0.2, 0.25) is 0 Å². The Hall–Kier alpha value is -3.33. The SMILES string of the molecule is CCCCCCCCCCCP(CCCCCCCCCCC)(CCCCCCCCCCC)=[N+]=P(CCCCCCCCCCC)(CCCCCCCCCCC)CCCCCCCCCCC.Fc1cc([B-](c2cc(F)c(F)c(F)c2)(c2cc(F)c(F)c(F)c2)c2cc(F)c(F)c(F)c2)cc(F)c1F. The van der Waals surface area contributed by atoms with Gasteiger partial charge in [0.05, 0.1) is 0 Å². The molecule has 608 valence electrons. The van der Waals surface area contributed by atoms with Gasteiger partial charge in [-0.1, -0.05) is 398 Å². The number of nitrogens with zero attached hydrogens (tertiary/aromatic N) is 1. The highest BCUT2D eigenvalue weighted by molar-refractivity contribution is 7.73. The second-order valence-electron chi connectivity index (χ2n) is 31.7. The molecule has 0 atom stereocenters. The molecule has 1 nitrogen and oxygen atoms in total. The highest BCUT2D eigenvalue weighted by atomic mass is 31.2. The molecule has 0 fully saturated rings. The van der Waals surface area contributed by atoms with Gasteiger partial charge < -0.3 is 0 Å². The minimum atomic E-state index is -4.01. The largest absolute Gasteiger partial charge is 0.216 e. The first kappa shape index (κ1) is 96.9. The van der Waals surface area contributed by atoms with Crippen molar-refractivity contribution in [2.24, 2.45) is 0 Å². The third-order valence-corrected chi connectivity index (χ3v) is 32.4. The van der Waals surface area contributed by atoms with Gasteiger partial charge in [0.15, 0.2) is 69.8 Å². The predicted octanol–water partition coefficient (Wildman–Crippen LogP) is 30.4. The number of benzene rings is 4. The van der Waals surface area contributed by atoms with E-state index in [2.05, 4.69) is 41.5 Å². The lowest BCUT2D eigenvalue weighted by Gasteiger charge is -2.44. The molecule has 0 spiro atoms. The molecule has 4 rings (SSSR count). The average molecular weight is 1540 g/mol. The van der Waals surface area contributed by atoms with Gasteiger partial charge in [-0.2, -0.15) is 26.0 Å². The van der Waals surface area contributed by atoms with Crippen molar-refractivity contribution in [3.05, 3.63) is 118 Å². The lowest BCUT2D eigenvalue weighted by molar-refractivity contribution is 0.447. The lowest BCUT2D eigenvalue weighted by Crippen LogP contribution is -2.75. The van der Waals surface area contributed by atoms with Crippen molar-refractivity contribution in [2.75, 3.05) is 37.0 Å². The highest BCUT2D eigenvalue weighted by Crippen LogP contribution is 2.56. The summed E-state index contributed by atoms with van der Waals surface area (Å²) in [5.41, 5.74) is -3.79. The van der Waals surface area contributed by atoms with Crippen LogP contribution in [0.25, 0.3) is 0 Å². The second kappa shape index (κ2) is 59.4. The number of hydrogen-bond acceptors (Lipinski definition) is 0. The monoisotopic (exact) mass is 1540 g/mol. The average Bonchev–Trinajstić information content (AvgIpc) is 0.718. The molecule has 0 saturated heterocycles. The maximum Gasteiger partial charge on any atom is 0.216 e. The zero-order valence-electron chi connectivity index (χ0n) is 67.5. The van der Waals surface area contributed by atoms with E-state index in [9.17, 15) is 52.7 Å². The van der Waals surface area contributed by atoms with Gasteiger partial charge in [0.25, 0.3) is 0 Å². The first-order chi connectivity index (χ1) is 51.4. The van der Waals surface area contributed by atoms with Crippen molar-refractivity contribution in [3.63, 3.8) is 0 Å². The molecule has 0 aliphatic rings. The van der Waals surface area contributed by atoms with Crippen LogP contribution in [0.3, 0.4) is 0 Å². The predicted molar refractivity (Wildman–Crippen MR) is 438 cm³/mol. The Morgan fingerprint density at radius 3 is 0.425 bits per heavy atom. The van der Waals surface area contributed by atoms with E-state index < -0.39 is 112 Å². The van der Waals surface area contributed by atoms with Crippen molar-refractivity contribution in [3.8, 4) is 0 Å². The Labute approximate surface area is 639 Å². The van der Waals surface area contributed by atoms with E-state index in [1.807, 2.05) is 0 Å². The molecule has 0 heterocycles. The quantitative estimate of drug-likeness (QED) is 0.0104. The first-order valence-electron chi connectivity index (χ1n) is 43.6. The number of hydrogen-bond donors (Lipinski definition) is 0. The van der Waals surface area contributed by atoms with E-state index >= 15 is 0 Å². The zero-order chi connectivity index (χ0) is 77.5. The number of rotatable bonds is 64. The molecule has 0 aromatic heterocycles. The van der Waals surface area contributed by atoms with Gasteiger partial charge in [-0.3, -0.25) is 0 Å². The maximum atomic E-state index is 14.4. The minimum absolute atomic E-state index is 0.177. The smallest absolute Gasteiger partial charge is 0.204 e. The second-order valence-corrected chi connectivity index (χ2v) is 39.4. The molecule has 0 aliphatic heterocycles. The molecule has 0 N–H and O–H groups in total. The van der Waals surface area contributed by atoms with Gasteiger partial charge in [-0.05, 0) is 38.5 Å². The fourth-order valence-electron chi connectivity index (χ4n) is 16.1. The van der Waals surface area contributed by atoms with Crippen LogP contribution in [0.5, 0.6) is 0 Å². The summed E-state index contributed by atoms with van der Waals surface area (Å²) in [6.07, 6.45) is 84.2. The highest BCUT2D eigenvalue weighted by Gasteiger charge is 2.39. The normalized spacial score (nSPS) is 12.0. The van der Waals surface area contributed by atoms with Crippen LogP contribution >= 0.6 is 14.1 Å². The summed E-state index contributed by atoms with van der Waals surface area (Å²) >= 11 is 0. The van der Waals surface area contributed by atoms with E-state index in [-0.39, 0.29) is 48.5 Å². The molecular formula is C90H146BF12NP2. The summed E-state index contributed by atoms with van der Waals surface area (Å²) < 4.78 is 177. The summed E-state index contributed by atoms with van der Waals surface area (Å²) in [6.45, 7) is 14.2. The van der Waals surface area contributed by atoms with E-state index in [4.69, 9.17) is 4.17 Å². The third-order valence-electron chi connectivity index (χ3n) is 22.5. The molecule has 4 aromatic rings. The van der Waals surface area contributed by atoms with Crippen molar-refractivity contribution >= 4 is 42.1 Å². The molecule has 0 unspecified atom stereocenters. The topological polar surface area (TPSA) is 14.1 Å². The maximum absolute atomic E-state index is 14.4. The molecule has 4 aromatic carbocycles. The van der Waals surface area contributed by atoms with Crippen molar-refractivity contribution in [1.29, 1.82) is 0 Å². The molecular weight excluding hydrogens is 1400 g/mol. The van der Waals surface area contributed by atoms with Crippen LogP contribution in [0, 0.1) is 69.8 Å². The van der Waals surface area contributed by atoms with E-state index in [1.54, 1.807) is 0 Å². The van der Waals surface area contributed by atoms with Gasteiger partial charge in [-0.25, -0.2) is 52.7 Å². The Balaban J connectivity index is 0.000000653. The summed E-state index contributed by atoms with van der Waals surface area (Å²) in [7, 11) is -2.77. The van der Waals surface area contributed by atoms with Gasteiger partial charge in [0.1, 0.15) is 6.15 Å². The molecule has 0 saturated carbocycles. The van der Waals surface area contributed by atoms with Crippen LogP contribution in [0.4, 0.5) is 52.7 Å². The molecule has 0 amide bonds. The lowest BCUT2D eigenvalue weighted by atomic mass is 9.13. The van der Waals surface area contributed by atoms with Crippen LogP contribution in [-0.2, 0) is 0 Å².